The van der Waals surface area contributed by atoms with Crippen LogP contribution in [0.25, 0.3) is 0 Å². The zero-order valence-corrected chi connectivity index (χ0v) is 11.9. The standard InChI is InChI=1S/C13H19N3O2S/c1-13(7-14-8-13)18-6-11(17)16-12-15-9-4-2-3-5-10(9)19-12/h14H,2-8H2,1H3,(H,15,16,17). The number of hydrogen-bond acceptors (Lipinski definition) is 5. The Morgan fingerprint density at radius 3 is 2.95 bits per heavy atom. The number of amides is 1. The van der Waals surface area contributed by atoms with Crippen LogP contribution < -0.4 is 10.6 Å². The van der Waals surface area contributed by atoms with Gasteiger partial charge in [-0.05, 0) is 32.6 Å². The average molecular weight is 281 g/mol. The van der Waals surface area contributed by atoms with Gasteiger partial charge in [0.2, 0.25) is 0 Å². The van der Waals surface area contributed by atoms with Crippen molar-refractivity contribution in [3.63, 3.8) is 0 Å². The van der Waals surface area contributed by atoms with Gasteiger partial charge >= 0.3 is 0 Å². The fraction of sp³-hybridized carbons (Fsp3) is 0.692. The molecule has 1 fully saturated rings. The highest BCUT2D eigenvalue weighted by Crippen LogP contribution is 2.29. The van der Waals surface area contributed by atoms with Crippen molar-refractivity contribution in [2.24, 2.45) is 0 Å². The molecule has 0 aromatic carbocycles. The number of thiazole rings is 1. The molecule has 0 saturated carbocycles. The van der Waals surface area contributed by atoms with E-state index in [-0.39, 0.29) is 18.1 Å². The number of fused-ring (bicyclic) bond motifs is 1. The summed E-state index contributed by atoms with van der Waals surface area (Å²) in [4.78, 5) is 17.6. The van der Waals surface area contributed by atoms with E-state index in [1.165, 1.54) is 23.4 Å². The molecule has 2 aliphatic rings. The second-order valence-corrected chi connectivity index (χ2v) is 6.57. The molecule has 104 valence electrons. The SMILES string of the molecule is CC1(OCC(=O)Nc2nc3c(s2)CCCC3)CNC1. The van der Waals surface area contributed by atoms with Crippen LogP contribution in [0.5, 0.6) is 0 Å². The molecule has 0 bridgehead atoms. The van der Waals surface area contributed by atoms with Crippen molar-refractivity contribution >= 4 is 22.4 Å². The molecule has 1 aliphatic heterocycles. The third kappa shape index (κ3) is 2.96. The van der Waals surface area contributed by atoms with Crippen LogP contribution in [0.15, 0.2) is 0 Å². The zero-order valence-electron chi connectivity index (χ0n) is 11.1. The van der Waals surface area contributed by atoms with Gasteiger partial charge in [-0.15, -0.1) is 11.3 Å². The number of aromatic nitrogens is 1. The van der Waals surface area contributed by atoms with E-state index in [0.717, 1.165) is 31.1 Å². The first-order chi connectivity index (χ1) is 9.15. The van der Waals surface area contributed by atoms with Crippen LogP contribution in [0.1, 0.15) is 30.3 Å². The Morgan fingerprint density at radius 2 is 2.26 bits per heavy atom. The van der Waals surface area contributed by atoms with E-state index in [9.17, 15) is 4.79 Å². The molecule has 1 aromatic rings. The Balaban J connectivity index is 1.52. The maximum atomic E-state index is 11.8. The van der Waals surface area contributed by atoms with Gasteiger partial charge in [-0.2, -0.15) is 0 Å². The number of aryl methyl sites for hydroxylation is 2. The molecular weight excluding hydrogens is 262 g/mol. The Kier molecular flexibility index (Phi) is 3.56. The molecule has 1 aromatic heterocycles. The van der Waals surface area contributed by atoms with Crippen LogP contribution in [-0.4, -0.2) is 36.2 Å². The van der Waals surface area contributed by atoms with Crippen molar-refractivity contribution in [3.8, 4) is 0 Å². The Bertz CT molecular complexity index is 459. The lowest BCUT2D eigenvalue weighted by molar-refractivity contribution is -0.130. The van der Waals surface area contributed by atoms with Crippen molar-refractivity contribution in [2.75, 3.05) is 25.0 Å². The molecule has 5 nitrogen and oxygen atoms in total. The van der Waals surface area contributed by atoms with E-state index in [0.29, 0.717) is 0 Å². The largest absolute Gasteiger partial charge is 0.363 e. The van der Waals surface area contributed by atoms with E-state index in [4.69, 9.17) is 4.74 Å². The second-order valence-electron chi connectivity index (χ2n) is 5.49. The van der Waals surface area contributed by atoms with Gasteiger partial charge in [0.1, 0.15) is 6.61 Å². The van der Waals surface area contributed by atoms with Gasteiger partial charge in [0.05, 0.1) is 11.3 Å². The summed E-state index contributed by atoms with van der Waals surface area (Å²) in [6.07, 6.45) is 4.58. The van der Waals surface area contributed by atoms with Gasteiger partial charge in [-0.25, -0.2) is 4.98 Å². The minimum Gasteiger partial charge on any atom is -0.363 e. The summed E-state index contributed by atoms with van der Waals surface area (Å²) in [7, 11) is 0. The maximum absolute atomic E-state index is 11.8. The number of nitrogens with one attached hydrogen (secondary N) is 2. The van der Waals surface area contributed by atoms with Gasteiger partial charge in [-0.1, -0.05) is 0 Å². The van der Waals surface area contributed by atoms with Gasteiger partial charge in [0, 0.05) is 18.0 Å². The molecule has 0 spiro atoms. The third-order valence-corrected chi connectivity index (χ3v) is 4.71. The van der Waals surface area contributed by atoms with Crippen LogP contribution >= 0.6 is 11.3 Å². The number of carbonyl (C=O) groups is 1. The predicted molar refractivity (Wildman–Crippen MR) is 74.6 cm³/mol. The summed E-state index contributed by atoms with van der Waals surface area (Å²) in [5.41, 5.74) is 0.988. The van der Waals surface area contributed by atoms with Gasteiger partial charge in [-0.3, -0.25) is 10.1 Å². The highest BCUT2D eigenvalue weighted by Gasteiger charge is 2.33. The number of hydrogen-bond donors (Lipinski definition) is 2. The number of rotatable bonds is 4. The summed E-state index contributed by atoms with van der Waals surface area (Å²) in [5, 5.41) is 6.70. The molecule has 2 heterocycles. The number of carbonyl (C=O) groups excluding carboxylic acids is 1. The van der Waals surface area contributed by atoms with E-state index in [1.54, 1.807) is 11.3 Å². The molecule has 19 heavy (non-hydrogen) atoms. The lowest BCUT2D eigenvalue weighted by Gasteiger charge is -2.38. The third-order valence-electron chi connectivity index (χ3n) is 3.64. The molecule has 1 amide bonds. The predicted octanol–water partition coefficient (Wildman–Crippen LogP) is 1.34. The lowest BCUT2D eigenvalue weighted by atomic mass is 10.0. The zero-order chi connectivity index (χ0) is 13.3. The van der Waals surface area contributed by atoms with E-state index in [2.05, 4.69) is 15.6 Å². The highest BCUT2D eigenvalue weighted by molar-refractivity contribution is 7.15. The minimum atomic E-state index is -0.181. The van der Waals surface area contributed by atoms with Crippen LogP contribution in [0.3, 0.4) is 0 Å². The smallest absolute Gasteiger partial charge is 0.252 e. The maximum Gasteiger partial charge on any atom is 0.252 e. The topological polar surface area (TPSA) is 63.2 Å². The van der Waals surface area contributed by atoms with E-state index in [1.807, 2.05) is 6.92 Å². The van der Waals surface area contributed by atoms with Crippen LogP contribution in [0, 0.1) is 0 Å². The van der Waals surface area contributed by atoms with Crippen molar-refractivity contribution in [2.45, 2.75) is 38.2 Å². The van der Waals surface area contributed by atoms with Crippen molar-refractivity contribution in [1.82, 2.24) is 10.3 Å². The molecule has 0 unspecified atom stereocenters. The van der Waals surface area contributed by atoms with Gasteiger partial charge in [0.25, 0.3) is 5.91 Å². The molecule has 0 radical (unpaired) electrons. The Morgan fingerprint density at radius 1 is 1.47 bits per heavy atom. The molecule has 6 heteroatoms. The van der Waals surface area contributed by atoms with Crippen molar-refractivity contribution in [1.29, 1.82) is 0 Å². The van der Waals surface area contributed by atoms with Crippen molar-refractivity contribution in [3.05, 3.63) is 10.6 Å². The number of nitrogens with zero attached hydrogens (tertiary/aromatic N) is 1. The second kappa shape index (κ2) is 5.19. The van der Waals surface area contributed by atoms with Crippen LogP contribution in [0.2, 0.25) is 0 Å². The van der Waals surface area contributed by atoms with E-state index >= 15 is 0 Å². The summed E-state index contributed by atoms with van der Waals surface area (Å²) < 4.78 is 5.60. The van der Waals surface area contributed by atoms with E-state index < -0.39 is 0 Å². The summed E-state index contributed by atoms with van der Waals surface area (Å²) in [5.74, 6) is -0.112. The first kappa shape index (κ1) is 13.0. The molecule has 1 aliphatic carbocycles. The average Bonchev–Trinajstić information content (AvgIpc) is 2.76. The number of ether oxygens (including phenoxy) is 1. The van der Waals surface area contributed by atoms with Crippen LogP contribution in [0.4, 0.5) is 5.13 Å². The monoisotopic (exact) mass is 281 g/mol. The first-order valence-electron chi connectivity index (χ1n) is 6.78. The fourth-order valence-corrected chi connectivity index (χ4v) is 3.45. The summed E-state index contributed by atoms with van der Waals surface area (Å²) >= 11 is 1.61. The molecule has 1 saturated heterocycles. The molecule has 0 atom stereocenters. The number of anilines is 1. The van der Waals surface area contributed by atoms with Crippen molar-refractivity contribution < 1.29 is 9.53 Å². The summed E-state index contributed by atoms with van der Waals surface area (Å²) in [6.45, 7) is 3.74. The van der Waals surface area contributed by atoms with Gasteiger partial charge < -0.3 is 10.1 Å². The minimum absolute atomic E-state index is 0.0996. The molecule has 2 N–H and O–H groups in total. The quantitative estimate of drug-likeness (QED) is 0.874. The van der Waals surface area contributed by atoms with Crippen LogP contribution in [-0.2, 0) is 22.4 Å². The highest BCUT2D eigenvalue weighted by atomic mass is 32.1. The first-order valence-corrected chi connectivity index (χ1v) is 7.59. The Labute approximate surface area is 116 Å². The Hall–Kier alpha value is -0.980. The normalized spacial score (nSPS) is 20.5. The lowest BCUT2D eigenvalue weighted by Crippen LogP contribution is -2.59. The molecule has 3 rings (SSSR count). The van der Waals surface area contributed by atoms with Gasteiger partial charge in [0.15, 0.2) is 5.13 Å². The molecular formula is C13H19N3O2S. The summed E-state index contributed by atoms with van der Waals surface area (Å²) in [6, 6.07) is 0. The fourth-order valence-electron chi connectivity index (χ4n) is 2.38.